The van der Waals surface area contributed by atoms with E-state index in [9.17, 15) is 0 Å². The van der Waals surface area contributed by atoms with Crippen molar-refractivity contribution >= 4 is 13.3 Å². The molecule has 0 aliphatic carbocycles. The molecule has 0 bridgehead atoms. The van der Waals surface area contributed by atoms with Gasteiger partial charge in [-0.1, -0.05) is 79.4 Å². The molecule has 1 nitrogen and oxygen atoms in total. The maximum absolute atomic E-state index is 4.88. The predicted octanol–water partition coefficient (Wildman–Crippen LogP) is 6.35. The zero-order chi connectivity index (χ0) is 19.0. The molecule has 1 unspecified atom stereocenters. The molecule has 2 aromatic rings. The second-order valence-electron chi connectivity index (χ2n) is 9.77. The lowest BCUT2D eigenvalue weighted by Gasteiger charge is -2.27. The molecule has 1 aromatic carbocycles. The highest BCUT2D eigenvalue weighted by Crippen LogP contribution is 2.30. The number of aromatic nitrogens is 1. The normalized spacial score (nSPS) is 14.0. The third-order valence-corrected chi connectivity index (χ3v) is 7.29. The fraction of sp³-hybridized carbons (Fsp3) is 0.522. The summed E-state index contributed by atoms with van der Waals surface area (Å²) in [6.07, 6.45) is 2.17. The van der Waals surface area contributed by atoms with Crippen molar-refractivity contribution in [2.24, 2.45) is 5.92 Å². The van der Waals surface area contributed by atoms with Gasteiger partial charge in [0.1, 0.15) is 0 Å². The lowest BCUT2D eigenvalue weighted by atomic mass is 9.85. The molecule has 2 heteroatoms. The Bertz CT molecular complexity index is 732. The van der Waals surface area contributed by atoms with Crippen molar-refractivity contribution in [1.29, 1.82) is 0 Å². The van der Waals surface area contributed by atoms with Crippen molar-refractivity contribution in [2.75, 3.05) is 0 Å². The highest BCUT2D eigenvalue weighted by molar-refractivity contribution is 6.89. The first kappa shape index (κ1) is 19.9. The fourth-order valence-corrected chi connectivity index (χ4v) is 4.75. The fourth-order valence-electron chi connectivity index (χ4n) is 3.14. The molecule has 1 aromatic heterocycles. The van der Waals surface area contributed by atoms with Gasteiger partial charge in [-0.2, -0.15) is 0 Å². The molecular weight excluding hydrogens is 318 g/mol. The lowest BCUT2D eigenvalue weighted by Crippen LogP contribution is -2.41. The van der Waals surface area contributed by atoms with Gasteiger partial charge in [0.05, 0.1) is 13.8 Å². The van der Waals surface area contributed by atoms with E-state index in [0.29, 0.717) is 11.8 Å². The highest BCUT2D eigenvalue weighted by Gasteiger charge is 2.25. The molecule has 0 amide bonds. The molecule has 0 saturated carbocycles. The third-order valence-electron chi connectivity index (χ3n) is 5.26. The van der Waals surface area contributed by atoms with Crippen molar-refractivity contribution in [2.45, 2.75) is 72.5 Å². The van der Waals surface area contributed by atoms with E-state index in [1.807, 2.05) is 0 Å². The minimum absolute atomic E-state index is 0.155. The third kappa shape index (κ3) is 4.61. The van der Waals surface area contributed by atoms with Gasteiger partial charge >= 0.3 is 0 Å². The Morgan fingerprint density at radius 2 is 1.60 bits per heavy atom. The first-order chi connectivity index (χ1) is 11.4. The van der Waals surface area contributed by atoms with Crippen molar-refractivity contribution in [3.05, 3.63) is 47.7 Å². The van der Waals surface area contributed by atoms with Crippen LogP contribution in [0.4, 0.5) is 0 Å². The van der Waals surface area contributed by atoms with Gasteiger partial charge in [0.2, 0.25) is 0 Å². The number of benzene rings is 1. The average molecular weight is 354 g/mol. The Hall–Kier alpha value is -1.41. The standard InChI is InChI=1S/C23H35NSi/c1-16(2)17(3)20-14-21(24-15-22(20)25(7,8)9)18-11-10-12-19(13-18)23(4,5)6/h10-17H,1-9H3. The van der Waals surface area contributed by atoms with Crippen LogP contribution in [0.2, 0.25) is 19.6 Å². The maximum atomic E-state index is 4.88. The summed E-state index contributed by atoms with van der Waals surface area (Å²) in [6.45, 7) is 21.0. The van der Waals surface area contributed by atoms with Crippen LogP contribution >= 0.6 is 0 Å². The molecular formula is C23H35NSi. The van der Waals surface area contributed by atoms with Crippen LogP contribution in [0.1, 0.15) is 58.6 Å². The van der Waals surface area contributed by atoms with E-state index in [4.69, 9.17) is 4.98 Å². The number of hydrogen-bond donors (Lipinski definition) is 0. The Labute approximate surface area is 155 Å². The van der Waals surface area contributed by atoms with Crippen molar-refractivity contribution in [3.8, 4) is 11.3 Å². The number of rotatable bonds is 4. The topological polar surface area (TPSA) is 12.9 Å². The first-order valence-corrected chi connectivity index (χ1v) is 13.0. The van der Waals surface area contributed by atoms with Gasteiger partial charge < -0.3 is 0 Å². The van der Waals surface area contributed by atoms with Gasteiger partial charge in [0, 0.05) is 11.8 Å². The van der Waals surface area contributed by atoms with Gasteiger partial charge in [0.15, 0.2) is 0 Å². The van der Waals surface area contributed by atoms with Crippen molar-refractivity contribution in [3.63, 3.8) is 0 Å². The molecule has 0 radical (unpaired) electrons. The van der Waals surface area contributed by atoms with Crippen molar-refractivity contribution in [1.82, 2.24) is 4.98 Å². The van der Waals surface area contributed by atoms with E-state index in [1.54, 1.807) is 0 Å². The van der Waals surface area contributed by atoms with E-state index in [-0.39, 0.29) is 5.41 Å². The van der Waals surface area contributed by atoms with E-state index in [1.165, 1.54) is 21.9 Å². The average Bonchev–Trinajstić information content (AvgIpc) is 2.52. The molecule has 1 atom stereocenters. The summed E-state index contributed by atoms with van der Waals surface area (Å²) in [4.78, 5) is 4.88. The minimum Gasteiger partial charge on any atom is -0.256 e. The Morgan fingerprint density at radius 1 is 0.960 bits per heavy atom. The van der Waals surface area contributed by atoms with Crippen LogP contribution < -0.4 is 5.19 Å². The number of nitrogens with zero attached hydrogens (tertiary/aromatic N) is 1. The van der Waals surface area contributed by atoms with Gasteiger partial charge in [-0.05, 0) is 45.7 Å². The van der Waals surface area contributed by atoms with Crippen LogP contribution in [-0.2, 0) is 5.41 Å². The van der Waals surface area contributed by atoms with E-state index < -0.39 is 8.07 Å². The second-order valence-corrected chi connectivity index (χ2v) is 14.8. The van der Waals surface area contributed by atoms with Crippen LogP contribution in [-0.4, -0.2) is 13.1 Å². The SMILES string of the molecule is CC(C)C(C)c1cc(-c2cccc(C(C)(C)C)c2)ncc1[Si](C)(C)C. The monoisotopic (exact) mass is 353 g/mol. The molecule has 0 aliphatic rings. The molecule has 0 spiro atoms. The van der Waals surface area contributed by atoms with E-state index in [2.05, 4.69) is 97.7 Å². The Morgan fingerprint density at radius 3 is 2.12 bits per heavy atom. The summed E-state index contributed by atoms with van der Waals surface area (Å²) in [5, 5.41) is 1.50. The quantitative estimate of drug-likeness (QED) is 0.583. The van der Waals surface area contributed by atoms with Crippen molar-refractivity contribution < 1.29 is 0 Å². The number of hydrogen-bond acceptors (Lipinski definition) is 1. The Balaban J connectivity index is 2.59. The summed E-state index contributed by atoms with van der Waals surface area (Å²) in [7, 11) is -1.41. The van der Waals surface area contributed by atoms with Gasteiger partial charge in [-0.3, -0.25) is 4.98 Å². The predicted molar refractivity (Wildman–Crippen MR) is 115 cm³/mol. The highest BCUT2D eigenvalue weighted by atomic mass is 28.3. The molecule has 136 valence electrons. The van der Waals surface area contributed by atoms with Crippen LogP contribution in [0, 0.1) is 5.92 Å². The molecule has 0 N–H and O–H groups in total. The van der Waals surface area contributed by atoms with Crippen LogP contribution in [0.25, 0.3) is 11.3 Å². The second kappa shape index (κ2) is 7.07. The van der Waals surface area contributed by atoms with Gasteiger partial charge in [-0.15, -0.1) is 0 Å². The maximum Gasteiger partial charge on any atom is 0.0799 e. The molecule has 0 saturated heterocycles. The molecule has 0 fully saturated rings. The zero-order valence-electron chi connectivity index (χ0n) is 17.6. The summed E-state index contributed by atoms with van der Waals surface area (Å²) < 4.78 is 0. The number of pyridine rings is 1. The zero-order valence-corrected chi connectivity index (χ0v) is 18.6. The molecule has 2 rings (SSSR count). The molecule has 1 heterocycles. The van der Waals surface area contributed by atoms with Crippen LogP contribution in [0.15, 0.2) is 36.5 Å². The molecule has 25 heavy (non-hydrogen) atoms. The largest absolute Gasteiger partial charge is 0.256 e. The minimum atomic E-state index is -1.41. The smallest absolute Gasteiger partial charge is 0.0799 e. The van der Waals surface area contributed by atoms with E-state index >= 15 is 0 Å². The summed E-state index contributed by atoms with van der Waals surface area (Å²) >= 11 is 0. The van der Waals surface area contributed by atoms with Gasteiger partial charge in [-0.25, -0.2) is 0 Å². The summed E-state index contributed by atoms with van der Waals surface area (Å²) in [5.41, 5.74) is 5.35. The Kier molecular flexibility index (Phi) is 5.63. The van der Waals surface area contributed by atoms with Gasteiger partial charge in [0.25, 0.3) is 0 Å². The summed E-state index contributed by atoms with van der Waals surface area (Å²) in [6, 6.07) is 11.2. The lowest BCUT2D eigenvalue weighted by molar-refractivity contribution is 0.537. The first-order valence-electron chi connectivity index (χ1n) is 9.52. The van der Waals surface area contributed by atoms with Crippen LogP contribution in [0.5, 0.6) is 0 Å². The molecule has 0 aliphatic heterocycles. The van der Waals surface area contributed by atoms with Crippen LogP contribution in [0.3, 0.4) is 0 Å². The summed E-state index contributed by atoms with van der Waals surface area (Å²) in [5.74, 6) is 1.18. The van der Waals surface area contributed by atoms with E-state index in [0.717, 1.165) is 5.69 Å².